The first-order chi connectivity index (χ1) is 24.2. The van der Waals surface area contributed by atoms with Crippen molar-refractivity contribution in [1.29, 1.82) is 0 Å². The zero-order valence-electron chi connectivity index (χ0n) is 30.9. The van der Waals surface area contributed by atoms with E-state index in [4.69, 9.17) is 19.4 Å². The van der Waals surface area contributed by atoms with Crippen molar-refractivity contribution in [2.75, 3.05) is 51.4 Å². The third-order valence-corrected chi connectivity index (χ3v) is 11.8. The molecule has 9 heteroatoms. The van der Waals surface area contributed by atoms with Crippen molar-refractivity contribution < 1.29 is 14.3 Å². The molecule has 2 fully saturated rings. The summed E-state index contributed by atoms with van der Waals surface area (Å²) in [6, 6.07) is 9.77. The van der Waals surface area contributed by atoms with Crippen LogP contribution in [0.25, 0.3) is 33.4 Å². The van der Waals surface area contributed by atoms with Gasteiger partial charge in [-0.05, 0) is 68.7 Å². The van der Waals surface area contributed by atoms with Crippen molar-refractivity contribution in [2.24, 2.45) is 11.3 Å². The summed E-state index contributed by atoms with van der Waals surface area (Å²) >= 11 is 1.65. The van der Waals surface area contributed by atoms with Crippen LogP contribution in [0.4, 0.5) is 5.69 Å². The molecule has 2 atom stereocenters. The minimum atomic E-state index is -0.165. The second-order valence-corrected chi connectivity index (χ2v) is 15.8. The van der Waals surface area contributed by atoms with Gasteiger partial charge in [-0.2, -0.15) is 0 Å². The zero-order chi connectivity index (χ0) is 35.4. The van der Waals surface area contributed by atoms with E-state index >= 15 is 0 Å². The van der Waals surface area contributed by atoms with Gasteiger partial charge in [0.25, 0.3) is 0 Å². The van der Waals surface area contributed by atoms with Crippen molar-refractivity contribution >= 4 is 34.2 Å². The summed E-state index contributed by atoms with van der Waals surface area (Å²) in [4.78, 5) is 26.8. The highest BCUT2D eigenvalue weighted by Gasteiger charge is 2.31. The number of fused-ring (bicyclic) bond motifs is 1. The largest absolute Gasteiger partial charge is 0.378 e. The molecule has 50 heavy (non-hydrogen) atoms. The third-order valence-electron chi connectivity index (χ3n) is 10.9. The van der Waals surface area contributed by atoms with E-state index in [1.807, 2.05) is 6.08 Å². The number of allylic oxidation sites excluding steroid dienone is 1. The van der Waals surface area contributed by atoms with E-state index < -0.39 is 0 Å². The van der Waals surface area contributed by atoms with E-state index in [0.29, 0.717) is 12.5 Å². The number of thiazole rings is 1. The zero-order valence-corrected chi connectivity index (χ0v) is 31.7. The Morgan fingerprint density at radius 3 is 2.58 bits per heavy atom. The molecule has 5 heterocycles. The van der Waals surface area contributed by atoms with Gasteiger partial charge < -0.3 is 23.7 Å². The van der Waals surface area contributed by atoms with Crippen LogP contribution < -0.4 is 4.90 Å². The Hall–Kier alpha value is -3.37. The summed E-state index contributed by atoms with van der Waals surface area (Å²) in [6.45, 7) is 21.7. The SMILES string of the molecule is C=CCCC(C)(C)Cc1c(-c2cc(N3CCN(C4COC4)CC3)cnc2C(C)OC)n(CC)c2ccc(-c3csc(CC(C=O)CC)n3)cc12. The van der Waals surface area contributed by atoms with Crippen LogP contribution in [0, 0.1) is 11.3 Å². The van der Waals surface area contributed by atoms with Crippen LogP contribution in [0.5, 0.6) is 0 Å². The molecule has 268 valence electrons. The van der Waals surface area contributed by atoms with Gasteiger partial charge in [0.1, 0.15) is 6.29 Å². The molecule has 3 aromatic heterocycles. The van der Waals surface area contributed by atoms with Gasteiger partial charge in [-0.3, -0.25) is 9.88 Å². The maximum atomic E-state index is 11.6. The second kappa shape index (κ2) is 15.9. The molecule has 1 aromatic carbocycles. The lowest BCUT2D eigenvalue weighted by atomic mass is 9.80. The topological polar surface area (TPSA) is 72.7 Å². The summed E-state index contributed by atoms with van der Waals surface area (Å²) < 4.78 is 13.9. The van der Waals surface area contributed by atoms with Crippen molar-refractivity contribution in [3.05, 3.63) is 64.8 Å². The number of ether oxygens (including phenoxy) is 2. The average Bonchev–Trinajstić information content (AvgIpc) is 3.70. The minimum Gasteiger partial charge on any atom is -0.378 e. The predicted octanol–water partition coefficient (Wildman–Crippen LogP) is 8.38. The summed E-state index contributed by atoms with van der Waals surface area (Å²) in [5, 5.41) is 4.42. The Morgan fingerprint density at radius 1 is 1.16 bits per heavy atom. The van der Waals surface area contributed by atoms with Crippen LogP contribution in [-0.2, 0) is 33.7 Å². The van der Waals surface area contributed by atoms with Crippen molar-refractivity contribution in [3.8, 4) is 22.5 Å². The van der Waals surface area contributed by atoms with Crippen LogP contribution in [0.2, 0.25) is 0 Å². The van der Waals surface area contributed by atoms with Crippen molar-refractivity contribution in [3.63, 3.8) is 0 Å². The Labute approximate surface area is 302 Å². The van der Waals surface area contributed by atoms with Crippen LogP contribution in [0.3, 0.4) is 0 Å². The van der Waals surface area contributed by atoms with Crippen LogP contribution in [-0.4, -0.2) is 78.3 Å². The highest BCUT2D eigenvalue weighted by atomic mass is 32.1. The van der Waals surface area contributed by atoms with Gasteiger partial charge in [-0.1, -0.05) is 32.9 Å². The van der Waals surface area contributed by atoms with Gasteiger partial charge in [0.2, 0.25) is 0 Å². The number of pyridine rings is 1. The molecule has 2 saturated heterocycles. The number of piperazine rings is 1. The monoisotopic (exact) mass is 697 g/mol. The molecular formula is C41H55N5O3S. The maximum absolute atomic E-state index is 11.6. The van der Waals surface area contributed by atoms with Gasteiger partial charge in [-0.15, -0.1) is 17.9 Å². The lowest BCUT2D eigenvalue weighted by Crippen LogP contribution is -2.56. The highest BCUT2D eigenvalue weighted by Crippen LogP contribution is 2.43. The molecule has 4 aromatic rings. The number of aryl methyl sites for hydroxylation is 1. The number of aldehydes is 1. The molecule has 2 aliphatic heterocycles. The Balaban J connectivity index is 1.48. The number of hydrogen-bond donors (Lipinski definition) is 0. The normalized spacial score (nSPS) is 17.2. The number of rotatable bonds is 16. The fourth-order valence-corrected chi connectivity index (χ4v) is 8.45. The Kier molecular flexibility index (Phi) is 11.6. The number of nitrogens with zero attached hydrogens (tertiary/aromatic N) is 5. The molecule has 2 aliphatic rings. The average molecular weight is 698 g/mol. The maximum Gasteiger partial charge on any atom is 0.123 e. The highest BCUT2D eigenvalue weighted by molar-refractivity contribution is 7.10. The molecule has 6 rings (SSSR count). The van der Waals surface area contributed by atoms with Crippen molar-refractivity contribution in [2.45, 2.75) is 85.4 Å². The standard InChI is InChI=1S/C41H55N5O3S/c1-8-11-14-41(5,6)22-35-33-20-30(36-27-50-38(43-36)19-29(9-2)24-47)12-13-37(33)46(10-3)40(35)34-21-31(23-42-39(34)28(4)48-7)44-15-17-45(18-16-44)32-25-49-26-32/h8,12-13,20-21,23-24,27-29,32H,1,9-11,14-19,22,25-26H2,2-7H3. The Morgan fingerprint density at radius 2 is 1.94 bits per heavy atom. The number of carbonyl (C=O) groups excluding carboxylic acids is 1. The molecule has 0 spiro atoms. The summed E-state index contributed by atoms with van der Waals surface area (Å²) in [6.07, 6.45) is 9.45. The number of aromatic nitrogens is 3. The van der Waals surface area contributed by atoms with E-state index in [1.54, 1.807) is 18.4 Å². The van der Waals surface area contributed by atoms with Gasteiger partial charge >= 0.3 is 0 Å². The molecule has 0 aliphatic carbocycles. The number of carbonyl (C=O) groups is 1. The number of anilines is 1. The lowest BCUT2D eigenvalue weighted by molar-refractivity contribution is -0.111. The van der Waals surface area contributed by atoms with Crippen LogP contribution in [0.1, 0.15) is 76.3 Å². The number of benzene rings is 1. The van der Waals surface area contributed by atoms with Crippen molar-refractivity contribution in [1.82, 2.24) is 19.4 Å². The molecule has 0 N–H and O–H groups in total. The lowest BCUT2D eigenvalue weighted by Gasteiger charge is -2.43. The van der Waals surface area contributed by atoms with Gasteiger partial charge in [0.05, 0.1) is 59.3 Å². The quantitative estimate of drug-likeness (QED) is 0.0861. The van der Waals surface area contributed by atoms with Gasteiger partial charge in [0, 0.05) is 79.6 Å². The van der Waals surface area contributed by atoms with E-state index in [0.717, 1.165) is 111 Å². The van der Waals surface area contributed by atoms with E-state index in [-0.39, 0.29) is 17.4 Å². The van der Waals surface area contributed by atoms with Crippen LogP contribution in [0.15, 0.2) is 48.5 Å². The molecule has 0 amide bonds. The summed E-state index contributed by atoms with van der Waals surface area (Å²) in [5.41, 5.74) is 9.21. The predicted molar refractivity (Wildman–Crippen MR) is 206 cm³/mol. The first-order valence-corrected chi connectivity index (χ1v) is 19.3. The number of hydrogen-bond acceptors (Lipinski definition) is 8. The molecule has 0 saturated carbocycles. The first kappa shape index (κ1) is 36.4. The fourth-order valence-electron chi connectivity index (χ4n) is 7.55. The minimum absolute atomic E-state index is 0.0105. The number of methoxy groups -OCH3 is 1. The molecule has 8 nitrogen and oxygen atoms in total. The van der Waals surface area contributed by atoms with E-state index in [1.165, 1.54) is 22.2 Å². The Bertz CT molecular complexity index is 1780. The van der Waals surface area contributed by atoms with Gasteiger partial charge in [0.15, 0.2) is 0 Å². The van der Waals surface area contributed by atoms with Gasteiger partial charge in [-0.25, -0.2) is 4.98 Å². The second-order valence-electron chi connectivity index (χ2n) is 14.8. The summed E-state index contributed by atoms with van der Waals surface area (Å²) in [7, 11) is 1.77. The van der Waals surface area contributed by atoms with Crippen LogP contribution >= 0.6 is 11.3 Å². The third kappa shape index (κ3) is 7.61. The molecule has 0 radical (unpaired) electrons. The fraction of sp³-hybridized carbons (Fsp3) is 0.537. The first-order valence-electron chi connectivity index (χ1n) is 18.5. The molecule has 0 bridgehead atoms. The molecule has 2 unspecified atom stereocenters. The molecular weight excluding hydrogens is 643 g/mol. The smallest absolute Gasteiger partial charge is 0.123 e. The van der Waals surface area contributed by atoms with E-state index in [9.17, 15) is 4.79 Å². The summed E-state index contributed by atoms with van der Waals surface area (Å²) in [5.74, 6) is 0.0105. The van der Waals surface area contributed by atoms with E-state index in [2.05, 4.69) is 91.4 Å².